The van der Waals surface area contributed by atoms with Gasteiger partial charge in [-0.05, 0) is 12.8 Å². The molecule has 1 atom stereocenters. The van der Waals surface area contributed by atoms with Crippen LogP contribution in [0.2, 0.25) is 0 Å². The van der Waals surface area contributed by atoms with Gasteiger partial charge < -0.3 is 0 Å². The van der Waals surface area contributed by atoms with Gasteiger partial charge in [0.25, 0.3) is 0 Å². The second-order valence-electron chi connectivity index (χ2n) is 2.31. The van der Waals surface area contributed by atoms with Crippen molar-refractivity contribution in [3.05, 3.63) is 0 Å². The lowest BCUT2D eigenvalue weighted by Crippen LogP contribution is -2.22. The second-order valence-corrected chi connectivity index (χ2v) is 2.31. The van der Waals surface area contributed by atoms with Crippen LogP contribution in [0, 0.1) is 17.8 Å². The van der Waals surface area contributed by atoms with Crippen LogP contribution >= 0.6 is 0 Å². The summed E-state index contributed by atoms with van der Waals surface area (Å²) in [7, 11) is 0. The van der Waals surface area contributed by atoms with E-state index in [0.717, 1.165) is 0 Å². The molecule has 0 aromatic heterocycles. The first-order valence-corrected chi connectivity index (χ1v) is 3.16. The van der Waals surface area contributed by atoms with E-state index in [1.807, 2.05) is 0 Å². The summed E-state index contributed by atoms with van der Waals surface area (Å²) in [6, 6.07) is 0. The molecule has 0 amide bonds. The monoisotopic (exact) mass is 148 g/mol. The maximum absolute atomic E-state index is 11.8. The van der Waals surface area contributed by atoms with Gasteiger partial charge in [-0.3, -0.25) is 0 Å². The third-order valence-electron chi connectivity index (χ3n) is 1.47. The molecule has 0 saturated carbocycles. The van der Waals surface area contributed by atoms with Gasteiger partial charge in [-0.1, -0.05) is 5.92 Å². The number of hydrogen-bond donors (Lipinski definition) is 0. The summed E-state index contributed by atoms with van der Waals surface area (Å²) in [4.78, 5) is 0. The Morgan fingerprint density at radius 1 is 1.30 bits per heavy atom. The molecule has 1 rings (SSSR count). The topological polar surface area (TPSA) is 0 Å². The van der Waals surface area contributed by atoms with Crippen molar-refractivity contribution >= 4 is 0 Å². The Labute approximate surface area is 57.4 Å². The van der Waals surface area contributed by atoms with Gasteiger partial charge in [-0.2, -0.15) is 13.2 Å². The van der Waals surface area contributed by atoms with Gasteiger partial charge in [0.05, 0.1) is 0 Å². The molecular weight excluding hydrogens is 141 g/mol. The molecule has 1 unspecified atom stereocenters. The van der Waals surface area contributed by atoms with E-state index < -0.39 is 12.1 Å². The zero-order chi connectivity index (χ0) is 7.61. The van der Waals surface area contributed by atoms with Crippen LogP contribution in [0.3, 0.4) is 0 Å². The smallest absolute Gasteiger partial charge is 0.170 e. The summed E-state index contributed by atoms with van der Waals surface area (Å²) in [5.41, 5.74) is 0. The molecule has 0 spiro atoms. The van der Waals surface area contributed by atoms with Crippen LogP contribution in [0.4, 0.5) is 13.2 Å². The minimum absolute atomic E-state index is 0.177. The minimum atomic E-state index is -4.10. The van der Waals surface area contributed by atoms with E-state index in [9.17, 15) is 13.2 Å². The van der Waals surface area contributed by atoms with Gasteiger partial charge >= 0.3 is 6.18 Å². The molecule has 1 aliphatic rings. The fourth-order valence-corrected chi connectivity index (χ4v) is 0.908. The van der Waals surface area contributed by atoms with Crippen LogP contribution in [-0.4, -0.2) is 6.18 Å². The number of rotatable bonds is 0. The van der Waals surface area contributed by atoms with Crippen LogP contribution in [0.15, 0.2) is 0 Å². The Kier molecular flexibility index (Phi) is 1.89. The van der Waals surface area contributed by atoms with Gasteiger partial charge in [-0.25, -0.2) is 0 Å². The summed E-state index contributed by atoms with van der Waals surface area (Å²) >= 11 is 0. The summed E-state index contributed by atoms with van der Waals surface area (Å²) in [5.74, 6) is 3.30. The van der Waals surface area contributed by atoms with Gasteiger partial charge in [0, 0.05) is 6.42 Å². The first-order chi connectivity index (χ1) is 4.61. The molecule has 0 fully saturated rings. The normalized spacial score (nSPS) is 25.3. The molecule has 1 aliphatic carbocycles. The molecule has 0 aliphatic heterocycles. The average molecular weight is 148 g/mol. The predicted octanol–water partition coefficient (Wildman–Crippen LogP) is 2.35. The number of halogens is 3. The van der Waals surface area contributed by atoms with Crippen molar-refractivity contribution in [1.29, 1.82) is 0 Å². The van der Waals surface area contributed by atoms with Crippen molar-refractivity contribution in [3.63, 3.8) is 0 Å². The van der Waals surface area contributed by atoms with E-state index in [4.69, 9.17) is 0 Å². The van der Waals surface area contributed by atoms with Crippen LogP contribution in [0.5, 0.6) is 0 Å². The van der Waals surface area contributed by atoms with Gasteiger partial charge in [-0.15, -0.1) is 5.92 Å². The van der Waals surface area contributed by atoms with E-state index >= 15 is 0 Å². The summed E-state index contributed by atoms with van der Waals surface area (Å²) in [5, 5.41) is 0. The largest absolute Gasteiger partial charge is 0.402 e. The first-order valence-electron chi connectivity index (χ1n) is 3.16. The van der Waals surface area contributed by atoms with Gasteiger partial charge in [0.2, 0.25) is 0 Å². The maximum atomic E-state index is 11.8. The highest BCUT2D eigenvalue weighted by atomic mass is 19.4. The lowest BCUT2D eigenvalue weighted by Gasteiger charge is -2.15. The van der Waals surface area contributed by atoms with Crippen molar-refractivity contribution in [2.24, 2.45) is 5.92 Å². The molecule has 0 radical (unpaired) electrons. The van der Waals surface area contributed by atoms with Crippen molar-refractivity contribution < 1.29 is 13.2 Å². The fraction of sp³-hybridized carbons (Fsp3) is 0.714. The molecule has 0 N–H and O–H groups in total. The van der Waals surface area contributed by atoms with Gasteiger partial charge in [0.15, 0.2) is 0 Å². The quantitative estimate of drug-likeness (QED) is 0.462. The third-order valence-corrected chi connectivity index (χ3v) is 1.47. The second kappa shape index (κ2) is 2.53. The number of alkyl halides is 3. The molecule has 0 saturated heterocycles. The Hall–Kier alpha value is -0.650. The molecule has 0 heterocycles. The first kappa shape index (κ1) is 7.46. The molecule has 10 heavy (non-hydrogen) atoms. The van der Waals surface area contributed by atoms with E-state index in [0.29, 0.717) is 12.8 Å². The summed E-state index contributed by atoms with van der Waals surface area (Å²) in [6.07, 6.45) is -2.73. The highest BCUT2D eigenvalue weighted by Gasteiger charge is 2.38. The van der Waals surface area contributed by atoms with Crippen LogP contribution in [-0.2, 0) is 0 Å². The molecule has 0 bridgehead atoms. The highest BCUT2D eigenvalue weighted by Crippen LogP contribution is 2.30. The fourth-order valence-electron chi connectivity index (χ4n) is 0.908. The zero-order valence-corrected chi connectivity index (χ0v) is 5.33. The number of hydrogen-bond acceptors (Lipinski definition) is 0. The third kappa shape index (κ3) is 1.66. The molecule has 0 aromatic carbocycles. The van der Waals surface area contributed by atoms with Crippen molar-refractivity contribution in [2.75, 3.05) is 0 Å². The van der Waals surface area contributed by atoms with Crippen molar-refractivity contribution in [3.8, 4) is 11.8 Å². The van der Waals surface area contributed by atoms with Gasteiger partial charge in [0.1, 0.15) is 5.92 Å². The summed E-state index contributed by atoms with van der Waals surface area (Å²) in [6.45, 7) is 0. The lowest BCUT2D eigenvalue weighted by atomic mass is 9.98. The molecule has 56 valence electrons. The molecular formula is C7H7F3. The Morgan fingerprint density at radius 3 is 2.30 bits per heavy atom. The van der Waals surface area contributed by atoms with Crippen LogP contribution in [0.25, 0.3) is 0 Å². The minimum Gasteiger partial charge on any atom is -0.170 e. The van der Waals surface area contributed by atoms with E-state index in [2.05, 4.69) is 11.8 Å². The molecule has 3 heteroatoms. The van der Waals surface area contributed by atoms with Crippen LogP contribution in [0.1, 0.15) is 19.3 Å². The zero-order valence-electron chi connectivity index (χ0n) is 5.33. The maximum Gasteiger partial charge on any atom is 0.402 e. The average Bonchev–Trinajstić information content (AvgIpc) is 1.88. The van der Waals surface area contributed by atoms with E-state index in [1.165, 1.54) is 0 Å². The predicted molar refractivity (Wildman–Crippen MR) is 31.2 cm³/mol. The van der Waals surface area contributed by atoms with E-state index in [1.54, 1.807) is 0 Å². The molecule has 0 aromatic rings. The Morgan fingerprint density at radius 2 is 2.00 bits per heavy atom. The van der Waals surface area contributed by atoms with E-state index in [-0.39, 0.29) is 6.42 Å². The summed E-state index contributed by atoms with van der Waals surface area (Å²) < 4.78 is 35.5. The Balaban J connectivity index is 2.61. The van der Waals surface area contributed by atoms with Crippen molar-refractivity contribution in [2.45, 2.75) is 25.4 Å². The van der Waals surface area contributed by atoms with Crippen LogP contribution < -0.4 is 0 Å². The SMILES string of the molecule is FC(F)(F)C1C#CCCC1. The standard InChI is InChI=1S/C7H7F3/c8-7(9,10)6-4-2-1-3-5-6/h6H,1-2,4H2. The molecule has 0 nitrogen and oxygen atoms in total. The van der Waals surface area contributed by atoms with Crippen molar-refractivity contribution in [1.82, 2.24) is 0 Å². The lowest BCUT2D eigenvalue weighted by molar-refractivity contribution is -0.160. The Bertz CT molecular complexity index is 170. The highest BCUT2D eigenvalue weighted by molar-refractivity contribution is 5.09.